The maximum absolute atomic E-state index is 13.3. The van der Waals surface area contributed by atoms with Crippen LogP contribution in [0.3, 0.4) is 0 Å². The zero-order valence-corrected chi connectivity index (χ0v) is 20.2. The van der Waals surface area contributed by atoms with Gasteiger partial charge >= 0.3 is 5.97 Å². The summed E-state index contributed by atoms with van der Waals surface area (Å²) in [5.41, 5.74) is 1.93. The molecule has 1 aliphatic rings. The third kappa shape index (κ3) is 4.91. The summed E-state index contributed by atoms with van der Waals surface area (Å²) in [6.07, 6.45) is 2.12. The number of nitrogens with one attached hydrogen (secondary N) is 1. The van der Waals surface area contributed by atoms with Crippen LogP contribution in [0.15, 0.2) is 42.0 Å². The van der Waals surface area contributed by atoms with Crippen LogP contribution in [0.2, 0.25) is 0 Å². The number of benzene rings is 2. The lowest BCUT2D eigenvalue weighted by Gasteiger charge is -2.30. The number of methoxy groups -OCH3 is 1. The lowest BCUT2D eigenvalue weighted by molar-refractivity contribution is -0.139. The number of carboxylic acids is 1. The number of hydrogen-bond acceptors (Lipinski definition) is 6. The van der Waals surface area contributed by atoms with Crippen molar-refractivity contribution in [2.45, 2.75) is 13.3 Å². The molecule has 1 saturated heterocycles. The number of carboxylic acid groups (broad SMARTS) is 1. The number of amides is 2. The lowest BCUT2D eigenvalue weighted by Crippen LogP contribution is -2.54. The molecule has 0 spiro atoms. The Balaban J connectivity index is 2.02. The highest BCUT2D eigenvalue weighted by molar-refractivity contribution is 14.1. The average molecular weight is 566 g/mol. The molecule has 1 aliphatic heterocycles. The van der Waals surface area contributed by atoms with E-state index >= 15 is 0 Å². The Bertz CT molecular complexity index is 1150. The Labute approximate surface area is 203 Å². The van der Waals surface area contributed by atoms with Gasteiger partial charge in [0.15, 0.2) is 23.2 Å². The molecule has 2 amide bonds. The Morgan fingerprint density at radius 3 is 2.66 bits per heavy atom. The predicted molar refractivity (Wildman–Crippen MR) is 131 cm³/mol. The molecule has 1 fully saturated rings. The molecule has 1 heterocycles. The first-order valence-electron chi connectivity index (χ1n) is 9.48. The number of rotatable bonds is 7. The molecular weight excluding hydrogens is 547 g/mol. The van der Waals surface area contributed by atoms with Crippen LogP contribution in [-0.2, 0) is 20.8 Å². The van der Waals surface area contributed by atoms with E-state index < -0.39 is 24.4 Å². The van der Waals surface area contributed by atoms with Crippen molar-refractivity contribution >= 4 is 69.5 Å². The number of halogens is 1. The molecule has 0 radical (unpaired) electrons. The first-order chi connectivity index (χ1) is 15.3. The summed E-state index contributed by atoms with van der Waals surface area (Å²) in [6, 6.07) is 10.6. The number of carbonyl (C=O) groups excluding carboxylic acids is 2. The molecular formula is C22H19IN2O6S. The minimum Gasteiger partial charge on any atom is -0.493 e. The van der Waals surface area contributed by atoms with Crippen molar-refractivity contribution in [3.05, 3.63) is 56.7 Å². The summed E-state index contributed by atoms with van der Waals surface area (Å²) >= 11 is 7.24. The van der Waals surface area contributed by atoms with Crippen LogP contribution in [0.1, 0.15) is 18.1 Å². The molecule has 2 aromatic carbocycles. The second kappa shape index (κ2) is 10.1. The third-order valence-electron chi connectivity index (χ3n) is 4.62. The standard InChI is InChI=1S/C22H19IN2O6S/c1-3-13-6-4-5-7-16(13)25-21(29)14(20(28)24-22(25)32)8-12-9-15(23)19(17(10-12)30-2)31-11-18(26)27/h4-10H,3,11H2,1-2H3,(H,26,27)(H,24,28,32)/b14-8+. The van der Waals surface area contributed by atoms with Gasteiger partial charge in [-0.1, -0.05) is 25.1 Å². The highest BCUT2D eigenvalue weighted by Gasteiger charge is 2.35. The molecule has 32 heavy (non-hydrogen) atoms. The molecule has 166 valence electrons. The predicted octanol–water partition coefficient (Wildman–Crippen LogP) is 3.16. The molecule has 0 unspecified atom stereocenters. The van der Waals surface area contributed by atoms with Crippen molar-refractivity contribution in [2.24, 2.45) is 0 Å². The summed E-state index contributed by atoms with van der Waals surface area (Å²) in [7, 11) is 1.41. The molecule has 10 heteroatoms. The summed E-state index contributed by atoms with van der Waals surface area (Å²) in [5.74, 6) is -1.73. The highest BCUT2D eigenvalue weighted by Crippen LogP contribution is 2.35. The summed E-state index contributed by atoms with van der Waals surface area (Å²) in [4.78, 5) is 38.0. The Kier molecular flexibility index (Phi) is 7.46. The van der Waals surface area contributed by atoms with E-state index in [0.29, 0.717) is 21.2 Å². The number of ether oxygens (including phenoxy) is 2. The number of para-hydroxylation sites is 1. The van der Waals surface area contributed by atoms with E-state index in [1.54, 1.807) is 24.3 Å². The number of aliphatic carboxylic acids is 1. The number of carbonyl (C=O) groups is 3. The zero-order valence-electron chi connectivity index (χ0n) is 17.2. The van der Waals surface area contributed by atoms with Gasteiger partial charge in [0, 0.05) is 0 Å². The topological polar surface area (TPSA) is 105 Å². The minimum absolute atomic E-state index is 0.0163. The van der Waals surface area contributed by atoms with Gasteiger partial charge in [0.2, 0.25) is 0 Å². The number of aryl methyl sites for hydroxylation is 1. The lowest BCUT2D eigenvalue weighted by atomic mass is 10.0. The number of thiocarbonyl (C=S) groups is 1. The average Bonchev–Trinajstić information content (AvgIpc) is 2.75. The van der Waals surface area contributed by atoms with E-state index in [0.717, 1.165) is 5.56 Å². The summed E-state index contributed by atoms with van der Waals surface area (Å²) < 4.78 is 11.2. The molecule has 0 aliphatic carbocycles. The largest absolute Gasteiger partial charge is 0.493 e. The first-order valence-corrected chi connectivity index (χ1v) is 11.0. The van der Waals surface area contributed by atoms with Gasteiger partial charge in [0.05, 0.1) is 16.4 Å². The van der Waals surface area contributed by atoms with Crippen LogP contribution in [0.5, 0.6) is 11.5 Å². The van der Waals surface area contributed by atoms with Crippen molar-refractivity contribution in [1.82, 2.24) is 5.32 Å². The third-order valence-corrected chi connectivity index (χ3v) is 5.70. The van der Waals surface area contributed by atoms with Crippen LogP contribution in [-0.4, -0.2) is 41.7 Å². The van der Waals surface area contributed by atoms with Gasteiger partial charge in [0.1, 0.15) is 5.57 Å². The van der Waals surface area contributed by atoms with Crippen LogP contribution < -0.4 is 19.7 Å². The van der Waals surface area contributed by atoms with Gasteiger partial charge in [0.25, 0.3) is 11.8 Å². The molecule has 0 saturated carbocycles. The van der Waals surface area contributed by atoms with Crippen molar-refractivity contribution < 1.29 is 29.0 Å². The summed E-state index contributed by atoms with van der Waals surface area (Å²) in [6.45, 7) is 1.44. The van der Waals surface area contributed by atoms with Crippen LogP contribution >= 0.6 is 34.8 Å². The van der Waals surface area contributed by atoms with Gasteiger partial charge < -0.3 is 14.6 Å². The smallest absolute Gasteiger partial charge is 0.341 e. The van der Waals surface area contributed by atoms with E-state index in [2.05, 4.69) is 5.32 Å². The van der Waals surface area contributed by atoms with Gasteiger partial charge in [-0.25, -0.2) is 4.79 Å². The molecule has 2 N–H and O–H groups in total. The number of anilines is 1. The molecule has 3 rings (SSSR count). The van der Waals surface area contributed by atoms with Crippen LogP contribution in [0, 0.1) is 3.57 Å². The van der Waals surface area contributed by atoms with Crippen molar-refractivity contribution in [3.8, 4) is 11.5 Å². The van der Waals surface area contributed by atoms with Crippen molar-refractivity contribution in [3.63, 3.8) is 0 Å². The fourth-order valence-electron chi connectivity index (χ4n) is 3.17. The van der Waals surface area contributed by atoms with Gasteiger partial charge in [-0.15, -0.1) is 0 Å². The minimum atomic E-state index is -1.12. The quantitative estimate of drug-likeness (QED) is 0.230. The SMILES string of the molecule is CCc1ccccc1N1C(=O)/C(=C/c2cc(I)c(OCC(=O)O)c(OC)c2)C(=O)NC1=S. The maximum Gasteiger partial charge on any atom is 0.341 e. The van der Waals surface area contributed by atoms with Crippen LogP contribution in [0.25, 0.3) is 6.08 Å². The molecule has 0 atom stereocenters. The van der Waals surface area contributed by atoms with E-state index in [1.807, 2.05) is 41.6 Å². The van der Waals surface area contributed by atoms with E-state index in [4.69, 9.17) is 26.8 Å². The second-order valence-electron chi connectivity index (χ2n) is 6.66. The van der Waals surface area contributed by atoms with E-state index in [1.165, 1.54) is 18.1 Å². The van der Waals surface area contributed by atoms with Gasteiger partial charge in [-0.05, 0) is 76.6 Å². The van der Waals surface area contributed by atoms with E-state index in [9.17, 15) is 14.4 Å². The van der Waals surface area contributed by atoms with Gasteiger partial charge in [-0.3, -0.25) is 19.8 Å². The fraction of sp³-hybridized carbons (Fsp3) is 0.182. The fourth-order valence-corrected chi connectivity index (χ4v) is 4.22. The molecule has 2 aromatic rings. The van der Waals surface area contributed by atoms with Crippen LogP contribution in [0.4, 0.5) is 5.69 Å². The Morgan fingerprint density at radius 1 is 1.28 bits per heavy atom. The van der Waals surface area contributed by atoms with Crippen molar-refractivity contribution in [2.75, 3.05) is 18.6 Å². The monoisotopic (exact) mass is 566 g/mol. The Hall–Kier alpha value is -2.99. The Morgan fingerprint density at radius 2 is 2.00 bits per heavy atom. The molecule has 0 bridgehead atoms. The molecule has 0 aromatic heterocycles. The summed E-state index contributed by atoms with van der Waals surface area (Å²) in [5, 5.41) is 11.5. The zero-order chi connectivity index (χ0) is 23.4. The molecule has 8 nitrogen and oxygen atoms in total. The van der Waals surface area contributed by atoms with Crippen molar-refractivity contribution in [1.29, 1.82) is 0 Å². The number of hydrogen-bond donors (Lipinski definition) is 2. The first kappa shape index (κ1) is 23.7. The normalized spacial score (nSPS) is 15.0. The van der Waals surface area contributed by atoms with Gasteiger partial charge in [-0.2, -0.15) is 0 Å². The second-order valence-corrected chi connectivity index (χ2v) is 8.21. The highest BCUT2D eigenvalue weighted by atomic mass is 127. The number of nitrogens with zero attached hydrogens (tertiary/aromatic N) is 1. The van der Waals surface area contributed by atoms with E-state index in [-0.39, 0.29) is 22.2 Å². The maximum atomic E-state index is 13.3.